The Labute approximate surface area is 196 Å². The number of hydrogen-bond donors (Lipinski definition) is 1. The zero-order valence-electron chi connectivity index (χ0n) is 18.9. The van der Waals surface area contributed by atoms with Gasteiger partial charge < -0.3 is 10.1 Å². The van der Waals surface area contributed by atoms with Crippen molar-refractivity contribution in [2.75, 3.05) is 25.1 Å². The van der Waals surface area contributed by atoms with E-state index >= 15 is 0 Å². The summed E-state index contributed by atoms with van der Waals surface area (Å²) in [5.41, 5.74) is 2.83. The number of anilines is 1. The summed E-state index contributed by atoms with van der Waals surface area (Å²) in [6, 6.07) is 8.71. The third-order valence-corrected chi connectivity index (χ3v) is 6.36. The Balaban J connectivity index is 1.75. The Bertz CT molecular complexity index is 1060. The largest absolute Gasteiger partial charge is 0.382 e. The Morgan fingerprint density at radius 2 is 1.97 bits per heavy atom. The molecule has 0 bridgehead atoms. The Kier molecular flexibility index (Phi) is 8.57. The standard InChI is InChI=1S/C24H27F2N3O3S/c1-4-32-11-5-10-29-23(31)21(14-22(30)28-20-9-7-17(25)13-19(20)26)33-24(29)27-18-8-6-15(2)16(3)12-18/h6-9,12-13,21H,4-5,10-11,14H2,1-3H3,(H,28,30). The van der Waals surface area contributed by atoms with E-state index in [2.05, 4.69) is 10.3 Å². The normalized spacial score (nSPS) is 17.1. The topological polar surface area (TPSA) is 71.0 Å². The molecule has 1 unspecified atom stereocenters. The number of nitrogens with one attached hydrogen (secondary N) is 1. The van der Waals surface area contributed by atoms with Gasteiger partial charge in [-0.1, -0.05) is 17.8 Å². The van der Waals surface area contributed by atoms with E-state index < -0.39 is 22.8 Å². The highest BCUT2D eigenvalue weighted by molar-refractivity contribution is 8.15. The third-order valence-electron chi connectivity index (χ3n) is 5.19. The van der Waals surface area contributed by atoms with Gasteiger partial charge >= 0.3 is 0 Å². The highest BCUT2D eigenvalue weighted by atomic mass is 32.2. The lowest BCUT2D eigenvalue weighted by Crippen LogP contribution is -2.34. The third kappa shape index (κ3) is 6.61. The minimum absolute atomic E-state index is 0.130. The van der Waals surface area contributed by atoms with Crippen LogP contribution in [-0.2, 0) is 14.3 Å². The molecule has 3 rings (SSSR count). The Hall–Kier alpha value is -2.78. The van der Waals surface area contributed by atoms with Gasteiger partial charge in [-0.15, -0.1) is 0 Å². The maximum absolute atomic E-state index is 13.9. The molecule has 1 N–H and O–H groups in total. The van der Waals surface area contributed by atoms with Gasteiger partial charge in [0.05, 0.1) is 11.4 Å². The fraction of sp³-hybridized carbons (Fsp3) is 0.375. The van der Waals surface area contributed by atoms with E-state index in [-0.39, 0.29) is 18.0 Å². The number of amides is 2. The van der Waals surface area contributed by atoms with Crippen molar-refractivity contribution in [2.45, 2.75) is 38.9 Å². The summed E-state index contributed by atoms with van der Waals surface area (Å²) in [4.78, 5) is 31.8. The van der Waals surface area contributed by atoms with Crippen LogP contribution in [0.25, 0.3) is 0 Å². The fourth-order valence-electron chi connectivity index (χ4n) is 3.27. The van der Waals surface area contributed by atoms with Crippen LogP contribution >= 0.6 is 11.8 Å². The van der Waals surface area contributed by atoms with E-state index in [4.69, 9.17) is 4.74 Å². The molecule has 2 aromatic carbocycles. The molecule has 0 radical (unpaired) electrons. The number of ether oxygens (including phenoxy) is 1. The lowest BCUT2D eigenvalue weighted by Gasteiger charge is -2.16. The first-order chi connectivity index (χ1) is 15.8. The maximum Gasteiger partial charge on any atom is 0.242 e. The van der Waals surface area contributed by atoms with Crippen LogP contribution in [-0.4, -0.2) is 46.9 Å². The second-order valence-electron chi connectivity index (χ2n) is 7.69. The molecule has 33 heavy (non-hydrogen) atoms. The monoisotopic (exact) mass is 475 g/mol. The van der Waals surface area contributed by atoms with Gasteiger partial charge in [0.25, 0.3) is 0 Å². The summed E-state index contributed by atoms with van der Waals surface area (Å²) >= 11 is 1.21. The van der Waals surface area contributed by atoms with E-state index in [0.717, 1.165) is 28.9 Å². The Morgan fingerprint density at radius 1 is 1.18 bits per heavy atom. The number of nitrogens with zero attached hydrogens (tertiary/aromatic N) is 2. The predicted molar refractivity (Wildman–Crippen MR) is 127 cm³/mol. The minimum Gasteiger partial charge on any atom is -0.382 e. The molecule has 1 atom stereocenters. The first-order valence-corrected chi connectivity index (χ1v) is 11.6. The predicted octanol–water partition coefficient (Wildman–Crippen LogP) is 4.97. The fourth-order valence-corrected chi connectivity index (χ4v) is 4.45. The van der Waals surface area contributed by atoms with Crippen molar-refractivity contribution in [3.05, 3.63) is 59.2 Å². The van der Waals surface area contributed by atoms with Crippen LogP contribution < -0.4 is 5.32 Å². The first-order valence-electron chi connectivity index (χ1n) is 10.7. The van der Waals surface area contributed by atoms with Crippen molar-refractivity contribution in [2.24, 2.45) is 4.99 Å². The molecule has 2 aromatic rings. The van der Waals surface area contributed by atoms with E-state index in [1.807, 2.05) is 39.0 Å². The van der Waals surface area contributed by atoms with Crippen molar-refractivity contribution < 1.29 is 23.1 Å². The summed E-state index contributed by atoms with van der Waals surface area (Å²) in [5, 5.41) is 2.24. The van der Waals surface area contributed by atoms with Crippen LogP contribution in [0.1, 0.15) is 30.9 Å². The summed E-state index contributed by atoms with van der Waals surface area (Å²) in [7, 11) is 0. The smallest absolute Gasteiger partial charge is 0.242 e. The van der Waals surface area contributed by atoms with Crippen molar-refractivity contribution in [3.63, 3.8) is 0 Å². The van der Waals surface area contributed by atoms with Crippen LogP contribution in [0.3, 0.4) is 0 Å². The van der Waals surface area contributed by atoms with Gasteiger partial charge in [-0.25, -0.2) is 13.8 Å². The summed E-state index contributed by atoms with van der Waals surface area (Å²) in [6.45, 7) is 7.43. The number of aryl methyl sites for hydroxylation is 2. The van der Waals surface area contributed by atoms with Crippen LogP contribution in [0.2, 0.25) is 0 Å². The number of carbonyl (C=O) groups excluding carboxylic acids is 2. The number of amidine groups is 1. The molecule has 1 fully saturated rings. The Morgan fingerprint density at radius 3 is 2.67 bits per heavy atom. The molecule has 1 heterocycles. The second kappa shape index (κ2) is 11.4. The van der Waals surface area contributed by atoms with Gasteiger partial charge in [0.15, 0.2) is 5.17 Å². The molecule has 6 nitrogen and oxygen atoms in total. The van der Waals surface area contributed by atoms with Crippen molar-refractivity contribution in [3.8, 4) is 0 Å². The molecule has 9 heteroatoms. The van der Waals surface area contributed by atoms with Crippen LogP contribution in [0.15, 0.2) is 41.4 Å². The zero-order valence-corrected chi connectivity index (χ0v) is 19.7. The molecule has 176 valence electrons. The van der Waals surface area contributed by atoms with Crippen LogP contribution in [0.4, 0.5) is 20.2 Å². The van der Waals surface area contributed by atoms with Crippen molar-refractivity contribution in [1.82, 2.24) is 4.90 Å². The lowest BCUT2D eigenvalue weighted by molar-refractivity contribution is -0.128. The molecule has 1 aliphatic heterocycles. The number of carbonyl (C=O) groups is 2. The van der Waals surface area contributed by atoms with E-state index in [0.29, 0.717) is 37.4 Å². The van der Waals surface area contributed by atoms with E-state index in [1.165, 1.54) is 11.8 Å². The molecular weight excluding hydrogens is 448 g/mol. The SMILES string of the molecule is CCOCCCN1C(=O)C(CC(=O)Nc2ccc(F)cc2F)SC1=Nc1ccc(C)c(C)c1. The summed E-state index contributed by atoms with van der Waals surface area (Å²) < 4.78 is 32.3. The van der Waals surface area contributed by atoms with Gasteiger partial charge in [0.2, 0.25) is 11.8 Å². The molecular formula is C24H27F2N3O3S. The van der Waals surface area contributed by atoms with Gasteiger partial charge in [0, 0.05) is 32.2 Å². The van der Waals surface area contributed by atoms with Crippen LogP contribution in [0.5, 0.6) is 0 Å². The van der Waals surface area contributed by atoms with Crippen molar-refractivity contribution >= 4 is 40.1 Å². The minimum atomic E-state index is -0.872. The average Bonchev–Trinajstić information content (AvgIpc) is 3.04. The maximum atomic E-state index is 13.9. The highest BCUT2D eigenvalue weighted by Crippen LogP contribution is 2.32. The van der Waals surface area contributed by atoms with Gasteiger partial charge in [-0.05, 0) is 62.6 Å². The zero-order chi connectivity index (χ0) is 24.0. The molecule has 2 amide bonds. The summed E-state index contributed by atoms with van der Waals surface area (Å²) in [6.07, 6.45) is 0.472. The highest BCUT2D eigenvalue weighted by Gasteiger charge is 2.39. The number of aliphatic imine (C=N–C) groups is 1. The van der Waals surface area contributed by atoms with Gasteiger partial charge in [0.1, 0.15) is 16.9 Å². The molecule has 0 aromatic heterocycles. The second-order valence-corrected chi connectivity index (χ2v) is 8.86. The first kappa shape index (κ1) is 24.9. The average molecular weight is 476 g/mol. The quantitative estimate of drug-likeness (QED) is 0.520. The number of halogens is 2. The van der Waals surface area contributed by atoms with Gasteiger partial charge in [-0.3, -0.25) is 14.5 Å². The number of benzene rings is 2. The molecule has 1 saturated heterocycles. The number of rotatable bonds is 9. The molecule has 1 aliphatic rings. The molecule has 0 spiro atoms. The van der Waals surface area contributed by atoms with Gasteiger partial charge in [-0.2, -0.15) is 0 Å². The number of hydrogen-bond acceptors (Lipinski definition) is 5. The number of thioether (sulfide) groups is 1. The molecule has 0 saturated carbocycles. The van der Waals surface area contributed by atoms with Crippen molar-refractivity contribution in [1.29, 1.82) is 0 Å². The summed E-state index contributed by atoms with van der Waals surface area (Å²) in [5.74, 6) is -2.37. The van der Waals surface area contributed by atoms with E-state index in [1.54, 1.807) is 4.90 Å². The molecule has 0 aliphatic carbocycles. The van der Waals surface area contributed by atoms with Crippen LogP contribution in [0, 0.1) is 25.5 Å². The van der Waals surface area contributed by atoms with E-state index in [9.17, 15) is 18.4 Å². The lowest BCUT2D eigenvalue weighted by atomic mass is 10.1.